The summed E-state index contributed by atoms with van der Waals surface area (Å²) in [5.74, 6) is 2.18. The van der Waals surface area contributed by atoms with Crippen molar-refractivity contribution in [1.82, 2.24) is 9.97 Å². The molecule has 19 heavy (non-hydrogen) atoms. The minimum absolute atomic E-state index is 0.179. The van der Waals surface area contributed by atoms with Crippen LogP contribution in [0.3, 0.4) is 0 Å². The molecular weight excluding hydrogens is 242 g/mol. The standard InChI is InChI=1S/C14H15N3O2/c1-18-10-8-15-14(16-9-10)17-12-6-7-19-13-5-3-2-4-11(12)13/h2-5,8-9,12H,6-7H2,1H3,(H,15,16,17). The van der Waals surface area contributed by atoms with Crippen molar-refractivity contribution in [1.29, 1.82) is 0 Å². The van der Waals surface area contributed by atoms with E-state index in [4.69, 9.17) is 9.47 Å². The van der Waals surface area contributed by atoms with Crippen LogP contribution in [-0.2, 0) is 0 Å². The van der Waals surface area contributed by atoms with Crippen molar-refractivity contribution in [3.8, 4) is 11.5 Å². The van der Waals surface area contributed by atoms with E-state index in [-0.39, 0.29) is 6.04 Å². The molecule has 1 aliphatic rings. The molecule has 1 atom stereocenters. The average Bonchev–Trinajstić information content (AvgIpc) is 2.48. The van der Waals surface area contributed by atoms with Gasteiger partial charge in [-0.15, -0.1) is 0 Å². The lowest BCUT2D eigenvalue weighted by molar-refractivity contribution is 0.274. The average molecular weight is 257 g/mol. The minimum atomic E-state index is 0.179. The Morgan fingerprint density at radius 1 is 1.26 bits per heavy atom. The first-order chi connectivity index (χ1) is 9.36. The summed E-state index contributed by atoms with van der Waals surface area (Å²) in [6.45, 7) is 0.699. The highest BCUT2D eigenvalue weighted by Gasteiger charge is 2.21. The first-order valence-electron chi connectivity index (χ1n) is 6.21. The van der Waals surface area contributed by atoms with Gasteiger partial charge in [0.25, 0.3) is 0 Å². The number of hydrogen-bond acceptors (Lipinski definition) is 5. The quantitative estimate of drug-likeness (QED) is 0.915. The van der Waals surface area contributed by atoms with E-state index in [1.807, 2.05) is 18.2 Å². The lowest BCUT2D eigenvalue weighted by atomic mass is 10.0. The molecule has 1 unspecified atom stereocenters. The third-order valence-corrected chi connectivity index (χ3v) is 3.13. The molecule has 1 N–H and O–H groups in total. The van der Waals surface area contributed by atoms with Gasteiger partial charge in [-0.05, 0) is 6.07 Å². The van der Waals surface area contributed by atoms with Gasteiger partial charge in [0.1, 0.15) is 5.75 Å². The predicted molar refractivity (Wildman–Crippen MR) is 71.5 cm³/mol. The van der Waals surface area contributed by atoms with E-state index in [0.29, 0.717) is 18.3 Å². The lowest BCUT2D eigenvalue weighted by Gasteiger charge is -2.26. The maximum Gasteiger partial charge on any atom is 0.223 e. The summed E-state index contributed by atoms with van der Waals surface area (Å²) < 4.78 is 10.7. The summed E-state index contributed by atoms with van der Waals surface area (Å²) in [4.78, 5) is 8.46. The highest BCUT2D eigenvalue weighted by atomic mass is 16.5. The molecule has 5 nitrogen and oxygen atoms in total. The molecule has 98 valence electrons. The zero-order valence-electron chi connectivity index (χ0n) is 10.7. The molecule has 1 aromatic heterocycles. The van der Waals surface area contributed by atoms with Gasteiger partial charge in [0, 0.05) is 12.0 Å². The van der Waals surface area contributed by atoms with Gasteiger partial charge >= 0.3 is 0 Å². The Labute approximate surface area is 111 Å². The van der Waals surface area contributed by atoms with E-state index in [9.17, 15) is 0 Å². The largest absolute Gasteiger partial charge is 0.494 e. The van der Waals surface area contributed by atoms with E-state index in [1.54, 1.807) is 19.5 Å². The maximum atomic E-state index is 5.63. The molecule has 2 heterocycles. The summed E-state index contributed by atoms with van der Waals surface area (Å²) in [6.07, 6.45) is 4.20. The van der Waals surface area contributed by atoms with Gasteiger partial charge in [-0.1, -0.05) is 18.2 Å². The van der Waals surface area contributed by atoms with Crippen molar-refractivity contribution < 1.29 is 9.47 Å². The highest BCUT2D eigenvalue weighted by molar-refractivity contribution is 5.42. The number of fused-ring (bicyclic) bond motifs is 1. The number of anilines is 1. The Morgan fingerprint density at radius 2 is 2.05 bits per heavy atom. The molecule has 0 radical (unpaired) electrons. The van der Waals surface area contributed by atoms with Gasteiger partial charge in [0.05, 0.1) is 32.2 Å². The molecule has 0 fully saturated rings. The topological polar surface area (TPSA) is 56.3 Å². The minimum Gasteiger partial charge on any atom is -0.494 e. The zero-order chi connectivity index (χ0) is 13.1. The van der Waals surface area contributed by atoms with Crippen LogP contribution in [-0.4, -0.2) is 23.7 Å². The normalized spacial score (nSPS) is 17.2. The SMILES string of the molecule is COc1cnc(NC2CCOc3ccccc32)nc1. The number of aromatic nitrogens is 2. The Kier molecular flexibility index (Phi) is 3.18. The Balaban J connectivity index is 1.80. The number of para-hydroxylation sites is 1. The van der Waals surface area contributed by atoms with Gasteiger partial charge in [-0.2, -0.15) is 0 Å². The van der Waals surface area contributed by atoms with E-state index < -0.39 is 0 Å². The fourth-order valence-electron chi connectivity index (χ4n) is 2.14. The van der Waals surface area contributed by atoms with Crippen LogP contribution < -0.4 is 14.8 Å². The van der Waals surface area contributed by atoms with Gasteiger partial charge in [-0.3, -0.25) is 0 Å². The number of hydrogen-bond donors (Lipinski definition) is 1. The maximum absolute atomic E-state index is 5.63. The summed E-state index contributed by atoms with van der Waals surface area (Å²) in [5, 5.41) is 3.33. The summed E-state index contributed by atoms with van der Waals surface area (Å²) in [6, 6.07) is 8.22. The van der Waals surface area contributed by atoms with Crippen molar-refractivity contribution in [2.45, 2.75) is 12.5 Å². The van der Waals surface area contributed by atoms with Crippen molar-refractivity contribution in [2.75, 3.05) is 19.0 Å². The van der Waals surface area contributed by atoms with Crippen molar-refractivity contribution in [2.24, 2.45) is 0 Å². The molecule has 3 rings (SSSR count). The number of methoxy groups -OCH3 is 1. The second kappa shape index (κ2) is 5.14. The van der Waals surface area contributed by atoms with Crippen molar-refractivity contribution >= 4 is 5.95 Å². The summed E-state index contributed by atoms with van der Waals surface area (Å²) in [5.41, 5.74) is 1.15. The van der Waals surface area contributed by atoms with E-state index in [0.717, 1.165) is 17.7 Å². The Hall–Kier alpha value is -2.30. The number of nitrogens with one attached hydrogen (secondary N) is 1. The monoisotopic (exact) mass is 257 g/mol. The van der Waals surface area contributed by atoms with E-state index in [2.05, 4.69) is 21.4 Å². The molecular formula is C14H15N3O2. The molecule has 1 aromatic carbocycles. The third kappa shape index (κ3) is 2.45. The van der Waals surface area contributed by atoms with E-state index in [1.165, 1.54) is 0 Å². The molecule has 1 aliphatic heterocycles. The van der Waals surface area contributed by atoms with Crippen LogP contribution in [0.1, 0.15) is 18.0 Å². The molecule has 0 amide bonds. The fraction of sp³-hybridized carbons (Fsp3) is 0.286. The van der Waals surface area contributed by atoms with Gasteiger partial charge in [-0.25, -0.2) is 9.97 Å². The first kappa shape index (κ1) is 11.8. The molecule has 2 aromatic rings. The zero-order valence-corrected chi connectivity index (χ0v) is 10.7. The smallest absolute Gasteiger partial charge is 0.223 e. The van der Waals surface area contributed by atoms with Crippen LogP contribution in [0.2, 0.25) is 0 Å². The number of benzene rings is 1. The lowest BCUT2D eigenvalue weighted by Crippen LogP contribution is -2.21. The molecule has 0 aliphatic carbocycles. The Morgan fingerprint density at radius 3 is 2.84 bits per heavy atom. The predicted octanol–water partition coefficient (Wildman–Crippen LogP) is 2.42. The summed E-state index contributed by atoms with van der Waals surface area (Å²) >= 11 is 0. The molecule has 0 bridgehead atoms. The van der Waals surface area contributed by atoms with Crippen LogP contribution in [0.5, 0.6) is 11.5 Å². The fourth-order valence-corrected chi connectivity index (χ4v) is 2.14. The molecule has 0 spiro atoms. The number of nitrogens with zero attached hydrogens (tertiary/aromatic N) is 2. The van der Waals surface area contributed by atoms with Crippen LogP contribution in [0.25, 0.3) is 0 Å². The second-order valence-electron chi connectivity index (χ2n) is 4.32. The molecule has 5 heteroatoms. The van der Waals surface area contributed by atoms with Gasteiger partial charge in [0.2, 0.25) is 5.95 Å². The Bertz CT molecular complexity index is 557. The van der Waals surface area contributed by atoms with Crippen LogP contribution in [0, 0.1) is 0 Å². The van der Waals surface area contributed by atoms with Crippen molar-refractivity contribution in [3.63, 3.8) is 0 Å². The van der Waals surface area contributed by atoms with Crippen molar-refractivity contribution in [3.05, 3.63) is 42.2 Å². The van der Waals surface area contributed by atoms with Crippen LogP contribution >= 0.6 is 0 Å². The number of ether oxygens (including phenoxy) is 2. The van der Waals surface area contributed by atoms with E-state index >= 15 is 0 Å². The van der Waals surface area contributed by atoms with Crippen LogP contribution in [0.15, 0.2) is 36.7 Å². The third-order valence-electron chi connectivity index (χ3n) is 3.13. The molecule has 0 saturated heterocycles. The highest BCUT2D eigenvalue weighted by Crippen LogP contribution is 2.33. The second-order valence-corrected chi connectivity index (χ2v) is 4.32. The van der Waals surface area contributed by atoms with Gasteiger partial charge in [0.15, 0.2) is 5.75 Å². The summed E-state index contributed by atoms with van der Waals surface area (Å²) in [7, 11) is 1.60. The van der Waals surface area contributed by atoms with Gasteiger partial charge < -0.3 is 14.8 Å². The number of rotatable bonds is 3. The first-order valence-corrected chi connectivity index (χ1v) is 6.21. The van der Waals surface area contributed by atoms with Crippen LogP contribution in [0.4, 0.5) is 5.95 Å². The molecule has 0 saturated carbocycles.